The Morgan fingerprint density at radius 3 is 2.22 bits per heavy atom. The summed E-state index contributed by atoms with van der Waals surface area (Å²) in [6, 6.07) is 0. The second-order valence-electron chi connectivity index (χ2n) is 3.95. The highest BCUT2D eigenvalue weighted by Crippen LogP contribution is 2.18. The third-order valence-corrected chi connectivity index (χ3v) is 2.72. The van der Waals surface area contributed by atoms with Crippen LogP contribution in [0.4, 0.5) is 0 Å². The molecule has 0 radical (unpaired) electrons. The van der Waals surface area contributed by atoms with Gasteiger partial charge in [0.15, 0.2) is 0 Å². The van der Waals surface area contributed by atoms with E-state index in [2.05, 4.69) is 20.1 Å². The minimum absolute atomic E-state index is 0.0595. The van der Waals surface area contributed by atoms with Gasteiger partial charge in [0.2, 0.25) is 11.7 Å². The second kappa shape index (κ2) is 3.75. The van der Waals surface area contributed by atoms with E-state index in [1.165, 1.54) is 0 Å². The number of hydrogen-bond acceptors (Lipinski definition) is 7. The molecule has 0 amide bonds. The van der Waals surface area contributed by atoms with E-state index in [-0.39, 0.29) is 28.0 Å². The van der Waals surface area contributed by atoms with Crippen molar-refractivity contribution in [2.75, 3.05) is 26.2 Å². The number of nitrogens with zero attached hydrogens (tertiary/aromatic N) is 6. The summed E-state index contributed by atoms with van der Waals surface area (Å²) in [5, 5.41) is 39.2. The van der Waals surface area contributed by atoms with Crippen LogP contribution in [0.1, 0.15) is 11.4 Å². The number of amidine groups is 2. The number of hydrogen-bond donors (Lipinski definition) is 2. The van der Waals surface area contributed by atoms with Gasteiger partial charge in [0.25, 0.3) is 11.4 Å². The lowest BCUT2D eigenvalue weighted by molar-refractivity contribution is -0.803. The van der Waals surface area contributed by atoms with E-state index in [1.807, 2.05) is 0 Å². The smallest absolute Gasteiger partial charge is 0.298 e. The molecule has 96 valence electrons. The fourth-order valence-corrected chi connectivity index (χ4v) is 1.63. The summed E-state index contributed by atoms with van der Waals surface area (Å²) in [6.07, 6.45) is 0. The maximum Gasteiger partial charge on any atom is 0.298 e. The third-order valence-electron chi connectivity index (χ3n) is 2.72. The van der Waals surface area contributed by atoms with Crippen LogP contribution in [0.2, 0.25) is 0 Å². The molecule has 2 aliphatic heterocycles. The number of aromatic nitrogens is 2. The molecule has 2 N–H and O–H groups in total. The molecular weight excluding hydrogens is 244 g/mol. The molecule has 10 nitrogen and oxygen atoms in total. The van der Waals surface area contributed by atoms with E-state index in [0.717, 1.165) is 0 Å². The lowest BCUT2D eigenvalue weighted by atomic mass is 10.2. The standard InChI is InChI=1S/C8H10N6O4/c15-9-7(12-1-2-12)5-6(14(17)18-11-5)8(10-16)13-3-4-13/h15-16H,1-4H2. The molecule has 18 heavy (non-hydrogen) atoms. The molecule has 1 aromatic heterocycles. The SMILES string of the molecule is [O-][n+]1onc(C(=NO)N2CC2)c1C(=NO)N1CC1. The summed E-state index contributed by atoms with van der Waals surface area (Å²) in [7, 11) is 0. The monoisotopic (exact) mass is 254 g/mol. The first kappa shape index (κ1) is 10.6. The molecule has 3 heterocycles. The van der Waals surface area contributed by atoms with Crippen molar-refractivity contribution in [2.24, 2.45) is 10.3 Å². The lowest BCUT2D eigenvalue weighted by Crippen LogP contribution is -2.36. The molecule has 0 unspecified atom stereocenters. The van der Waals surface area contributed by atoms with E-state index in [0.29, 0.717) is 26.2 Å². The van der Waals surface area contributed by atoms with Crippen molar-refractivity contribution >= 4 is 11.7 Å². The van der Waals surface area contributed by atoms with Crippen LogP contribution in [-0.4, -0.2) is 63.2 Å². The van der Waals surface area contributed by atoms with Gasteiger partial charge in [0.1, 0.15) is 0 Å². The zero-order valence-corrected chi connectivity index (χ0v) is 9.22. The van der Waals surface area contributed by atoms with Crippen LogP contribution in [0.15, 0.2) is 14.9 Å². The Labute approximate surface area is 101 Å². The van der Waals surface area contributed by atoms with Crippen molar-refractivity contribution in [3.63, 3.8) is 0 Å². The predicted molar refractivity (Wildman–Crippen MR) is 55.3 cm³/mol. The summed E-state index contributed by atoms with van der Waals surface area (Å²) in [4.78, 5) is 3.48. The van der Waals surface area contributed by atoms with Crippen LogP contribution in [0.3, 0.4) is 0 Å². The van der Waals surface area contributed by atoms with Crippen molar-refractivity contribution in [1.29, 1.82) is 0 Å². The highest BCUT2D eigenvalue weighted by molar-refractivity contribution is 6.08. The van der Waals surface area contributed by atoms with Crippen molar-refractivity contribution in [2.45, 2.75) is 0 Å². The topological polar surface area (TPSA) is 124 Å². The highest BCUT2D eigenvalue weighted by Gasteiger charge is 2.40. The van der Waals surface area contributed by atoms with Crippen molar-refractivity contribution < 1.29 is 19.9 Å². The van der Waals surface area contributed by atoms with Crippen molar-refractivity contribution in [1.82, 2.24) is 15.0 Å². The van der Waals surface area contributed by atoms with E-state index in [4.69, 9.17) is 10.4 Å². The van der Waals surface area contributed by atoms with Gasteiger partial charge in [0.05, 0.1) is 5.16 Å². The van der Waals surface area contributed by atoms with Gasteiger partial charge in [-0.3, -0.25) is 4.63 Å². The number of rotatable bonds is 2. The first-order valence-corrected chi connectivity index (χ1v) is 5.30. The summed E-state index contributed by atoms with van der Waals surface area (Å²) in [5.74, 6) is 0.190. The molecule has 1 aromatic rings. The van der Waals surface area contributed by atoms with Gasteiger partial charge in [-0.25, -0.2) is 0 Å². The molecule has 0 bridgehead atoms. The summed E-state index contributed by atoms with van der Waals surface area (Å²) in [5.41, 5.74) is -0.000556. The van der Waals surface area contributed by atoms with Crippen LogP contribution in [0.5, 0.6) is 0 Å². The average Bonchev–Trinajstić information content (AvgIpc) is 3.24. The Bertz CT molecular complexity index is 530. The van der Waals surface area contributed by atoms with Gasteiger partial charge in [-0.1, -0.05) is 10.3 Å². The fourth-order valence-electron chi connectivity index (χ4n) is 1.63. The summed E-state index contributed by atoms with van der Waals surface area (Å²) < 4.78 is 4.49. The molecule has 0 aliphatic carbocycles. The van der Waals surface area contributed by atoms with E-state index in [1.54, 1.807) is 9.80 Å². The molecule has 3 rings (SSSR count). The number of oxime groups is 2. The highest BCUT2D eigenvalue weighted by atomic mass is 16.8. The van der Waals surface area contributed by atoms with E-state index < -0.39 is 0 Å². The molecule has 0 aromatic carbocycles. The summed E-state index contributed by atoms with van der Waals surface area (Å²) >= 11 is 0. The van der Waals surface area contributed by atoms with Gasteiger partial charge in [-0.05, 0) is 4.90 Å². The van der Waals surface area contributed by atoms with Crippen LogP contribution in [0, 0.1) is 5.21 Å². The van der Waals surface area contributed by atoms with Gasteiger partial charge in [0, 0.05) is 26.2 Å². The molecule has 0 spiro atoms. The van der Waals surface area contributed by atoms with Crippen LogP contribution < -0.4 is 4.90 Å². The molecule has 2 fully saturated rings. The van der Waals surface area contributed by atoms with Crippen LogP contribution in [-0.2, 0) is 0 Å². The normalized spacial score (nSPS) is 19.3. The zero-order chi connectivity index (χ0) is 12.7. The largest absolute Gasteiger partial charge is 0.409 e. The molecule has 0 saturated carbocycles. The third kappa shape index (κ3) is 1.58. The first-order valence-electron chi connectivity index (χ1n) is 5.30. The van der Waals surface area contributed by atoms with Crippen LogP contribution in [0.25, 0.3) is 0 Å². The maximum absolute atomic E-state index is 11.5. The molecular formula is C8H10N6O4. The summed E-state index contributed by atoms with van der Waals surface area (Å²) in [6.45, 7) is 2.78. The Kier molecular flexibility index (Phi) is 2.21. The molecule has 2 aliphatic rings. The zero-order valence-electron chi connectivity index (χ0n) is 9.22. The second-order valence-corrected chi connectivity index (χ2v) is 3.95. The minimum Gasteiger partial charge on any atom is -0.409 e. The van der Waals surface area contributed by atoms with Gasteiger partial charge in [-0.2, -0.15) is 0 Å². The Morgan fingerprint density at radius 1 is 1.17 bits per heavy atom. The predicted octanol–water partition coefficient (Wildman–Crippen LogP) is -1.79. The van der Waals surface area contributed by atoms with Gasteiger partial charge >= 0.3 is 0 Å². The van der Waals surface area contributed by atoms with Crippen molar-refractivity contribution in [3.05, 3.63) is 16.6 Å². The van der Waals surface area contributed by atoms with Crippen LogP contribution >= 0.6 is 0 Å². The minimum atomic E-state index is -0.0605. The Hall–Kier alpha value is -2.52. The van der Waals surface area contributed by atoms with Gasteiger partial charge < -0.3 is 25.4 Å². The molecule has 2 saturated heterocycles. The first-order chi connectivity index (χ1) is 8.76. The Balaban J connectivity index is 2.05. The Morgan fingerprint density at radius 2 is 1.72 bits per heavy atom. The van der Waals surface area contributed by atoms with E-state index >= 15 is 0 Å². The molecule has 0 atom stereocenters. The lowest BCUT2D eigenvalue weighted by Gasteiger charge is -2.03. The van der Waals surface area contributed by atoms with Crippen molar-refractivity contribution in [3.8, 4) is 0 Å². The quantitative estimate of drug-likeness (QED) is 0.159. The average molecular weight is 254 g/mol. The van der Waals surface area contributed by atoms with E-state index in [9.17, 15) is 5.21 Å². The fraction of sp³-hybridized carbons (Fsp3) is 0.500. The van der Waals surface area contributed by atoms with Gasteiger partial charge in [-0.15, -0.1) is 0 Å². The molecule has 10 heteroatoms. The maximum atomic E-state index is 11.5.